The maximum absolute atomic E-state index is 10.6. The van der Waals surface area contributed by atoms with Crippen molar-refractivity contribution >= 4 is 11.4 Å². The quantitative estimate of drug-likeness (QED) is 0.598. The van der Waals surface area contributed by atoms with Gasteiger partial charge in [0.1, 0.15) is 5.75 Å². The van der Waals surface area contributed by atoms with Crippen LogP contribution in [-0.2, 0) is 0 Å². The molecule has 0 aliphatic rings. The molecule has 0 unspecified atom stereocenters. The van der Waals surface area contributed by atoms with Crippen molar-refractivity contribution in [1.82, 2.24) is 0 Å². The Morgan fingerprint density at radius 1 is 1.47 bits per heavy atom. The lowest BCUT2D eigenvalue weighted by molar-refractivity contribution is -0.384. The average Bonchev–Trinajstić information content (AvgIpc) is 2.25. The van der Waals surface area contributed by atoms with Gasteiger partial charge in [0.15, 0.2) is 0 Å². The van der Waals surface area contributed by atoms with E-state index in [2.05, 4.69) is 5.32 Å². The van der Waals surface area contributed by atoms with Crippen LogP contribution >= 0.6 is 0 Å². The highest BCUT2D eigenvalue weighted by Gasteiger charge is 2.09. The first-order chi connectivity index (χ1) is 7.17. The molecular formula is C10H14N2O3. The highest BCUT2D eigenvalue weighted by molar-refractivity contribution is 5.56. The Morgan fingerprint density at radius 3 is 2.73 bits per heavy atom. The van der Waals surface area contributed by atoms with Crippen molar-refractivity contribution < 1.29 is 9.66 Å². The van der Waals surface area contributed by atoms with Crippen molar-refractivity contribution in [3.8, 4) is 5.75 Å². The van der Waals surface area contributed by atoms with Gasteiger partial charge in [-0.05, 0) is 6.42 Å². The summed E-state index contributed by atoms with van der Waals surface area (Å²) in [5.74, 6) is 0.489. The van der Waals surface area contributed by atoms with Crippen LogP contribution in [-0.4, -0.2) is 18.6 Å². The summed E-state index contributed by atoms with van der Waals surface area (Å²) >= 11 is 0. The van der Waals surface area contributed by atoms with E-state index in [0.29, 0.717) is 11.4 Å². The van der Waals surface area contributed by atoms with E-state index in [0.717, 1.165) is 13.0 Å². The molecule has 0 aliphatic carbocycles. The summed E-state index contributed by atoms with van der Waals surface area (Å²) in [5, 5.41) is 13.7. The Labute approximate surface area is 88.2 Å². The zero-order valence-electron chi connectivity index (χ0n) is 8.82. The van der Waals surface area contributed by atoms with Crippen LogP contribution in [0.15, 0.2) is 18.2 Å². The van der Waals surface area contributed by atoms with E-state index in [1.807, 2.05) is 6.92 Å². The molecule has 5 heteroatoms. The third-order valence-electron chi connectivity index (χ3n) is 1.92. The number of nitro benzene ring substituents is 1. The highest BCUT2D eigenvalue weighted by Crippen LogP contribution is 2.25. The number of hydrogen-bond donors (Lipinski definition) is 1. The summed E-state index contributed by atoms with van der Waals surface area (Å²) < 4.78 is 4.98. The molecule has 0 spiro atoms. The fourth-order valence-electron chi connectivity index (χ4n) is 1.18. The van der Waals surface area contributed by atoms with Gasteiger partial charge in [-0.2, -0.15) is 0 Å². The summed E-state index contributed by atoms with van der Waals surface area (Å²) in [7, 11) is 1.49. The van der Waals surface area contributed by atoms with Crippen molar-refractivity contribution in [2.75, 3.05) is 19.0 Å². The van der Waals surface area contributed by atoms with Crippen molar-refractivity contribution in [3.05, 3.63) is 28.3 Å². The molecule has 0 radical (unpaired) electrons. The van der Waals surface area contributed by atoms with E-state index in [1.165, 1.54) is 19.2 Å². The number of benzene rings is 1. The second-order valence-corrected chi connectivity index (χ2v) is 3.10. The first-order valence-corrected chi connectivity index (χ1v) is 4.74. The van der Waals surface area contributed by atoms with Gasteiger partial charge < -0.3 is 10.1 Å². The molecule has 1 aromatic rings. The fourth-order valence-corrected chi connectivity index (χ4v) is 1.18. The molecular weight excluding hydrogens is 196 g/mol. The second-order valence-electron chi connectivity index (χ2n) is 3.10. The number of rotatable bonds is 5. The largest absolute Gasteiger partial charge is 0.496 e. The molecule has 0 heterocycles. The molecule has 0 atom stereocenters. The predicted molar refractivity (Wildman–Crippen MR) is 58.4 cm³/mol. The van der Waals surface area contributed by atoms with Gasteiger partial charge in [0.25, 0.3) is 5.69 Å². The van der Waals surface area contributed by atoms with Crippen LogP contribution in [0.1, 0.15) is 13.3 Å². The van der Waals surface area contributed by atoms with E-state index in [-0.39, 0.29) is 5.69 Å². The Hall–Kier alpha value is -1.78. The molecule has 15 heavy (non-hydrogen) atoms. The molecule has 0 amide bonds. The minimum atomic E-state index is -0.431. The molecule has 82 valence electrons. The Morgan fingerprint density at radius 2 is 2.20 bits per heavy atom. The van der Waals surface area contributed by atoms with Crippen LogP contribution in [0.2, 0.25) is 0 Å². The number of non-ortho nitro benzene ring substituents is 1. The van der Waals surface area contributed by atoms with Gasteiger partial charge in [0.2, 0.25) is 0 Å². The number of ether oxygens (including phenoxy) is 1. The van der Waals surface area contributed by atoms with Crippen molar-refractivity contribution in [2.24, 2.45) is 0 Å². The summed E-state index contributed by atoms with van der Waals surface area (Å²) in [6.45, 7) is 2.81. The Bertz CT molecular complexity index is 353. The molecule has 0 bridgehead atoms. The van der Waals surface area contributed by atoms with Crippen molar-refractivity contribution in [1.29, 1.82) is 0 Å². The summed E-state index contributed by atoms with van der Waals surface area (Å²) in [6.07, 6.45) is 0.963. The number of anilines is 1. The number of nitrogens with one attached hydrogen (secondary N) is 1. The first kappa shape index (κ1) is 11.3. The van der Waals surface area contributed by atoms with Gasteiger partial charge in [0.05, 0.1) is 18.1 Å². The van der Waals surface area contributed by atoms with E-state index in [1.54, 1.807) is 6.07 Å². The minimum Gasteiger partial charge on any atom is -0.496 e. The van der Waals surface area contributed by atoms with Crippen LogP contribution in [0, 0.1) is 10.1 Å². The highest BCUT2D eigenvalue weighted by atomic mass is 16.6. The van der Waals surface area contributed by atoms with E-state index < -0.39 is 4.92 Å². The van der Waals surface area contributed by atoms with Crippen LogP contribution in [0.25, 0.3) is 0 Å². The van der Waals surface area contributed by atoms with E-state index >= 15 is 0 Å². The third-order valence-corrected chi connectivity index (χ3v) is 1.92. The summed E-state index contributed by atoms with van der Waals surface area (Å²) in [6, 6.07) is 4.64. The lowest BCUT2D eigenvalue weighted by atomic mass is 10.2. The average molecular weight is 210 g/mol. The van der Waals surface area contributed by atoms with Gasteiger partial charge >= 0.3 is 0 Å². The van der Waals surface area contributed by atoms with E-state index in [4.69, 9.17) is 4.74 Å². The molecule has 0 aromatic heterocycles. The second kappa shape index (κ2) is 5.19. The van der Waals surface area contributed by atoms with Gasteiger partial charge in [-0.25, -0.2) is 0 Å². The molecule has 0 aliphatic heterocycles. The summed E-state index contributed by atoms with van der Waals surface area (Å²) in [5.41, 5.74) is 0.746. The molecule has 1 rings (SSSR count). The molecule has 0 saturated carbocycles. The van der Waals surface area contributed by atoms with Gasteiger partial charge in [-0.3, -0.25) is 10.1 Å². The lowest BCUT2D eigenvalue weighted by Crippen LogP contribution is -2.01. The standard InChI is InChI=1S/C10H14N2O3/c1-3-4-11-8-5-9(12(13)14)7-10(6-8)15-2/h5-7,11H,3-4H2,1-2H3. The molecule has 0 fully saturated rings. The van der Waals surface area contributed by atoms with Crippen LogP contribution in [0.3, 0.4) is 0 Å². The number of nitrogens with zero attached hydrogens (tertiary/aromatic N) is 1. The number of methoxy groups -OCH3 is 1. The fraction of sp³-hybridized carbons (Fsp3) is 0.400. The van der Waals surface area contributed by atoms with Gasteiger partial charge in [-0.1, -0.05) is 6.92 Å². The number of nitro groups is 1. The number of hydrogen-bond acceptors (Lipinski definition) is 4. The first-order valence-electron chi connectivity index (χ1n) is 4.74. The molecule has 1 N–H and O–H groups in total. The molecule has 1 aromatic carbocycles. The predicted octanol–water partition coefficient (Wildman–Crippen LogP) is 2.43. The van der Waals surface area contributed by atoms with Crippen LogP contribution < -0.4 is 10.1 Å². The van der Waals surface area contributed by atoms with Crippen LogP contribution in [0.4, 0.5) is 11.4 Å². The third kappa shape index (κ3) is 3.12. The lowest BCUT2D eigenvalue weighted by Gasteiger charge is -2.06. The SMILES string of the molecule is CCCNc1cc(OC)cc([N+](=O)[O-])c1. The zero-order chi connectivity index (χ0) is 11.3. The van der Waals surface area contributed by atoms with Crippen molar-refractivity contribution in [2.45, 2.75) is 13.3 Å². The monoisotopic (exact) mass is 210 g/mol. The maximum Gasteiger partial charge on any atom is 0.275 e. The minimum absolute atomic E-state index is 0.0351. The van der Waals surface area contributed by atoms with Crippen LogP contribution in [0.5, 0.6) is 5.75 Å². The summed E-state index contributed by atoms with van der Waals surface area (Å²) in [4.78, 5) is 10.2. The van der Waals surface area contributed by atoms with Crippen molar-refractivity contribution in [3.63, 3.8) is 0 Å². The van der Waals surface area contributed by atoms with E-state index in [9.17, 15) is 10.1 Å². The zero-order valence-corrected chi connectivity index (χ0v) is 8.82. The Balaban J connectivity index is 2.95. The molecule has 5 nitrogen and oxygen atoms in total. The van der Waals surface area contributed by atoms with Gasteiger partial charge in [0, 0.05) is 24.4 Å². The Kier molecular flexibility index (Phi) is 3.91. The van der Waals surface area contributed by atoms with Gasteiger partial charge in [-0.15, -0.1) is 0 Å². The smallest absolute Gasteiger partial charge is 0.275 e. The normalized spacial score (nSPS) is 9.73. The molecule has 0 saturated heterocycles. The topological polar surface area (TPSA) is 64.4 Å². The maximum atomic E-state index is 10.6.